The fraction of sp³-hybridized carbons (Fsp3) is 0.588. The first kappa shape index (κ1) is 14.5. The van der Waals surface area contributed by atoms with Gasteiger partial charge in [-0.1, -0.05) is 32.3 Å². The minimum Gasteiger partial charge on any atom is -0.388 e. The number of aliphatic hydroxyl groups is 1. The maximum absolute atomic E-state index is 14.2. The predicted molar refractivity (Wildman–Crippen MR) is 79.6 cm³/mol. The van der Waals surface area contributed by atoms with Crippen molar-refractivity contribution in [2.24, 2.45) is 5.92 Å². The molecule has 1 aliphatic heterocycles. The highest BCUT2D eigenvalue weighted by Gasteiger charge is 2.33. The largest absolute Gasteiger partial charge is 0.388 e. The van der Waals surface area contributed by atoms with E-state index in [4.69, 9.17) is 0 Å². The molecule has 1 aromatic rings. The highest BCUT2D eigenvalue weighted by molar-refractivity contribution is 6.03. The van der Waals surface area contributed by atoms with Crippen molar-refractivity contribution in [1.82, 2.24) is 0 Å². The van der Waals surface area contributed by atoms with Crippen molar-refractivity contribution in [2.45, 2.75) is 57.5 Å². The lowest BCUT2D eigenvalue weighted by Crippen LogP contribution is -2.16. The maximum atomic E-state index is 14.2. The summed E-state index contributed by atoms with van der Waals surface area (Å²) in [5, 5.41) is 13.2. The normalized spacial score (nSPS) is 23.8. The monoisotopic (exact) mass is 291 g/mol. The fourth-order valence-corrected chi connectivity index (χ4v) is 3.71. The van der Waals surface area contributed by atoms with Gasteiger partial charge in [0.05, 0.1) is 17.7 Å². The third kappa shape index (κ3) is 2.57. The first-order chi connectivity index (χ1) is 10.1. The first-order valence-corrected chi connectivity index (χ1v) is 7.94. The highest BCUT2D eigenvalue weighted by Crippen LogP contribution is 2.41. The minimum atomic E-state index is -0.627. The number of benzene rings is 1. The van der Waals surface area contributed by atoms with Crippen LogP contribution in [0.4, 0.5) is 10.1 Å². The van der Waals surface area contributed by atoms with Crippen LogP contribution in [0.5, 0.6) is 0 Å². The van der Waals surface area contributed by atoms with Crippen LogP contribution in [0, 0.1) is 11.7 Å². The van der Waals surface area contributed by atoms with Crippen LogP contribution >= 0.6 is 0 Å². The lowest BCUT2D eigenvalue weighted by molar-refractivity contribution is -0.117. The summed E-state index contributed by atoms with van der Waals surface area (Å²) < 4.78 is 14.2. The molecule has 3 nitrogen and oxygen atoms in total. The Morgan fingerprint density at radius 3 is 2.71 bits per heavy atom. The second kappa shape index (κ2) is 5.76. The SMILES string of the molecule is CCC1C(=O)Nc2c(F)cc(C(O)C3CCCCC3)cc21. The number of carbonyl (C=O) groups is 1. The third-order valence-electron chi connectivity index (χ3n) is 4.93. The Morgan fingerprint density at radius 1 is 1.33 bits per heavy atom. The van der Waals surface area contributed by atoms with Gasteiger partial charge in [-0.15, -0.1) is 0 Å². The second-order valence-electron chi connectivity index (χ2n) is 6.26. The van der Waals surface area contributed by atoms with Crippen LogP contribution < -0.4 is 5.32 Å². The van der Waals surface area contributed by atoms with E-state index in [1.54, 1.807) is 0 Å². The Kier molecular flexibility index (Phi) is 3.98. The van der Waals surface area contributed by atoms with E-state index in [0.29, 0.717) is 23.2 Å². The molecule has 1 aromatic carbocycles. The van der Waals surface area contributed by atoms with Crippen LogP contribution in [-0.4, -0.2) is 11.0 Å². The van der Waals surface area contributed by atoms with Crippen molar-refractivity contribution < 1.29 is 14.3 Å². The molecular formula is C17H22FNO2. The van der Waals surface area contributed by atoms with E-state index in [2.05, 4.69) is 5.32 Å². The van der Waals surface area contributed by atoms with Gasteiger partial charge in [0, 0.05) is 0 Å². The minimum absolute atomic E-state index is 0.143. The number of rotatable bonds is 3. The zero-order chi connectivity index (χ0) is 15.0. The highest BCUT2D eigenvalue weighted by atomic mass is 19.1. The molecule has 1 heterocycles. The van der Waals surface area contributed by atoms with Crippen LogP contribution in [0.2, 0.25) is 0 Å². The molecule has 0 radical (unpaired) electrons. The molecule has 0 spiro atoms. The van der Waals surface area contributed by atoms with Gasteiger partial charge in [0.25, 0.3) is 0 Å². The summed E-state index contributed by atoms with van der Waals surface area (Å²) in [4.78, 5) is 11.9. The predicted octanol–water partition coefficient (Wildman–Crippen LogP) is 3.89. The molecule has 0 saturated heterocycles. The van der Waals surface area contributed by atoms with Gasteiger partial charge in [0.1, 0.15) is 5.82 Å². The van der Waals surface area contributed by atoms with E-state index >= 15 is 0 Å². The number of halogens is 1. The second-order valence-corrected chi connectivity index (χ2v) is 6.26. The molecule has 0 bridgehead atoms. The number of nitrogens with one attached hydrogen (secondary N) is 1. The van der Waals surface area contributed by atoms with Crippen molar-refractivity contribution in [1.29, 1.82) is 0 Å². The van der Waals surface area contributed by atoms with Crippen LogP contribution in [0.1, 0.15) is 68.6 Å². The Balaban J connectivity index is 1.92. The smallest absolute Gasteiger partial charge is 0.232 e. The molecule has 1 saturated carbocycles. The van der Waals surface area contributed by atoms with E-state index in [9.17, 15) is 14.3 Å². The summed E-state index contributed by atoms with van der Waals surface area (Å²) in [6, 6.07) is 3.21. The molecule has 1 aliphatic carbocycles. The first-order valence-electron chi connectivity index (χ1n) is 7.94. The van der Waals surface area contributed by atoms with E-state index in [-0.39, 0.29) is 17.7 Å². The molecule has 2 N–H and O–H groups in total. The Hall–Kier alpha value is -1.42. The number of carbonyl (C=O) groups excluding carboxylic acids is 1. The lowest BCUT2D eigenvalue weighted by Gasteiger charge is -2.27. The average Bonchev–Trinajstić information content (AvgIpc) is 2.83. The number of aliphatic hydroxyl groups excluding tert-OH is 1. The lowest BCUT2D eigenvalue weighted by atomic mass is 9.82. The molecule has 1 fully saturated rings. The van der Waals surface area contributed by atoms with E-state index in [1.165, 1.54) is 12.5 Å². The number of hydrogen-bond donors (Lipinski definition) is 2. The van der Waals surface area contributed by atoms with E-state index in [0.717, 1.165) is 25.7 Å². The fourth-order valence-electron chi connectivity index (χ4n) is 3.71. The van der Waals surface area contributed by atoms with Gasteiger partial charge >= 0.3 is 0 Å². The molecule has 2 aliphatic rings. The van der Waals surface area contributed by atoms with Gasteiger partial charge in [0.15, 0.2) is 0 Å². The van der Waals surface area contributed by atoms with E-state index < -0.39 is 11.9 Å². The number of amides is 1. The van der Waals surface area contributed by atoms with Gasteiger partial charge in [-0.3, -0.25) is 4.79 Å². The van der Waals surface area contributed by atoms with Gasteiger partial charge in [-0.2, -0.15) is 0 Å². The van der Waals surface area contributed by atoms with Gasteiger partial charge in [-0.25, -0.2) is 4.39 Å². The molecule has 114 valence electrons. The molecule has 3 rings (SSSR count). The molecule has 4 heteroatoms. The Bertz CT molecular complexity index is 552. The zero-order valence-corrected chi connectivity index (χ0v) is 12.4. The summed E-state index contributed by atoms with van der Waals surface area (Å²) in [7, 11) is 0. The van der Waals surface area contributed by atoms with Crippen LogP contribution in [0.3, 0.4) is 0 Å². The molecule has 1 amide bonds. The third-order valence-corrected chi connectivity index (χ3v) is 4.93. The van der Waals surface area contributed by atoms with Gasteiger partial charge in [0.2, 0.25) is 5.91 Å². The topological polar surface area (TPSA) is 49.3 Å². The summed E-state index contributed by atoms with van der Waals surface area (Å²) in [6.45, 7) is 1.92. The average molecular weight is 291 g/mol. The standard InChI is InChI=1S/C17H22FNO2/c1-2-12-13-8-11(9-14(18)15(13)19-17(12)21)16(20)10-6-4-3-5-7-10/h8-10,12,16,20H,2-7H2,1H3,(H,19,21). The maximum Gasteiger partial charge on any atom is 0.232 e. The quantitative estimate of drug-likeness (QED) is 0.887. The van der Waals surface area contributed by atoms with Crippen molar-refractivity contribution in [3.63, 3.8) is 0 Å². The molecule has 2 unspecified atom stereocenters. The van der Waals surface area contributed by atoms with Crippen molar-refractivity contribution in [3.05, 3.63) is 29.1 Å². The summed E-state index contributed by atoms with van der Waals surface area (Å²) in [6.07, 6.45) is 5.49. The van der Waals surface area contributed by atoms with E-state index in [1.807, 2.05) is 13.0 Å². The van der Waals surface area contributed by atoms with Crippen LogP contribution in [-0.2, 0) is 4.79 Å². The zero-order valence-electron chi connectivity index (χ0n) is 12.4. The van der Waals surface area contributed by atoms with Crippen LogP contribution in [0.15, 0.2) is 12.1 Å². The Morgan fingerprint density at radius 2 is 2.05 bits per heavy atom. The number of hydrogen-bond acceptors (Lipinski definition) is 2. The van der Waals surface area contributed by atoms with Crippen molar-refractivity contribution in [3.8, 4) is 0 Å². The Labute approximate surface area is 124 Å². The molecular weight excluding hydrogens is 269 g/mol. The van der Waals surface area contributed by atoms with Crippen LogP contribution in [0.25, 0.3) is 0 Å². The molecule has 0 aromatic heterocycles. The number of fused-ring (bicyclic) bond motifs is 1. The molecule has 21 heavy (non-hydrogen) atoms. The summed E-state index contributed by atoms with van der Waals surface area (Å²) >= 11 is 0. The van der Waals surface area contributed by atoms with Crippen molar-refractivity contribution >= 4 is 11.6 Å². The van der Waals surface area contributed by atoms with Gasteiger partial charge < -0.3 is 10.4 Å². The van der Waals surface area contributed by atoms with Gasteiger partial charge in [-0.05, 0) is 42.4 Å². The summed E-state index contributed by atoms with van der Waals surface area (Å²) in [5.74, 6) is -0.660. The summed E-state index contributed by atoms with van der Waals surface area (Å²) in [5.41, 5.74) is 1.62. The van der Waals surface area contributed by atoms with Crippen molar-refractivity contribution in [2.75, 3.05) is 5.32 Å². The molecule has 2 atom stereocenters. The number of anilines is 1.